The molecule has 0 aromatic carbocycles. The Balaban J connectivity index is 2.71. The second-order valence-corrected chi connectivity index (χ2v) is 5.12. The fraction of sp³-hybridized carbons (Fsp3) is 0.692. The maximum Gasteiger partial charge on any atom is 0.191 e. The first kappa shape index (κ1) is 15.1. The Morgan fingerprint density at radius 1 is 1.28 bits per heavy atom. The van der Waals surface area contributed by atoms with Crippen LogP contribution < -0.4 is 10.6 Å². The number of rotatable bonds is 8. The Labute approximate surface area is 114 Å². The second-order valence-electron chi connectivity index (χ2n) is 4.34. The smallest absolute Gasteiger partial charge is 0.191 e. The third-order valence-electron chi connectivity index (χ3n) is 2.63. The first-order valence-corrected chi connectivity index (χ1v) is 7.85. The molecular weight excluding hydrogens is 244 g/mol. The van der Waals surface area contributed by atoms with Crippen molar-refractivity contribution in [1.82, 2.24) is 9.97 Å². The molecular formula is C13H24N4S. The van der Waals surface area contributed by atoms with Crippen molar-refractivity contribution in [2.45, 2.75) is 51.2 Å². The minimum absolute atomic E-state index is 0.448. The first-order valence-electron chi connectivity index (χ1n) is 6.63. The molecule has 1 unspecified atom stereocenters. The minimum Gasteiger partial charge on any atom is -0.370 e. The van der Waals surface area contributed by atoms with Crippen LogP contribution >= 0.6 is 11.8 Å². The lowest BCUT2D eigenvalue weighted by Crippen LogP contribution is -2.16. The van der Waals surface area contributed by atoms with Crippen molar-refractivity contribution in [2.75, 3.05) is 23.4 Å². The van der Waals surface area contributed by atoms with Gasteiger partial charge in [-0.2, -0.15) is 0 Å². The molecule has 1 aromatic heterocycles. The van der Waals surface area contributed by atoms with Crippen LogP contribution in [-0.2, 0) is 0 Å². The predicted octanol–water partition coefficient (Wildman–Crippen LogP) is 3.62. The molecule has 4 nitrogen and oxygen atoms in total. The van der Waals surface area contributed by atoms with Crippen LogP contribution in [0, 0.1) is 0 Å². The molecule has 0 bridgehead atoms. The Hall–Kier alpha value is -0.970. The summed E-state index contributed by atoms with van der Waals surface area (Å²) in [6.07, 6.45) is 5.64. The third-order valence-corrected chi connectivity index (χ3v) is 3.18. The van der Waals surface area contributed by atoms with Gasteiger partial charge in [-0.15, -0.1) is 0 Å². The summed E-state index contributed by atoms with van der Waals surface area (Å²) in [4.78, 5) is 8.89. The summed E-state index contributed by atoms with van der Waals surface area (Å²) in [5, 5.41) is 7.48. The van der Waals surface area contributed by atoms with Gasteiger partial charge >= 0.3 is 0 Å². The van der Waals surface area contributed by atoms with Crippen LogP contribution in [0.4, 0.5) is 11.6 Å². The van der Waals surface area contributed by atoms with Gasteiger partial charge in [-0.25, -0.2) is 9.97 Å². The molecule has 18 heavy (non-hydrogen) atoms. The molecule has 1 rings (SSSR count). The molecule has 0 saturated heterocycles. The van der Waals surface area contributed by atoms with E-state index in [9.17, 15) is 0 Å². The summed E-state index contributed by atoms with van der Waals surface area (Å²) in [5.41, 5.74) is 0. The standard InChI is InChI=1S/C13H24N4S/c1-5-7-8-10(3)15-12-9-11(14-6-2)16-13(17-12)18-4/h9-10H,5-8H2,1-4H3,(H2,14,15,16,17). The van der Waals surface area contributed by atoms with Crippen LogP contribution in [0.15, 0.2) is 11.2 Å². The summed E-state index contributed by atoms with van der Waals surface area (Å²) < 4.78 is 0. The molecule has 102 valence electrons. The summed E-state index contributed by atoms with van der Waals surface area (Å²) in [6, 6.07) is 2.43. The zero-order valence-electron chi connectivity index (χ0n) is 11.8. The molecule has 1 heterocycles. The maximum absolute atomic E-state index is 4.48. The Bertz CT molecular complexity index is 357. The van der Waals surface area contributed by atoms with E-state index in [-0.39, 0.29) is 0 Å². The molecule has 0 aliphatic rings. The molecule has 0 fully saturated rings. The van der Waals surface area contributed by atoms with Gasteiger partial charge in [0.15, 0.2) is 5.16 Å². The van der Waals surface area contributed by atoms with Crippen LogP contribution in [0.25, 0.3) is 0 Å². The number of nitrogens with one attached hydrogen (secondary N) is 2. The summed E-state index contributed by atoms with van der Waals surface area (Å²) in [6.45, 7) is 7.35. The predicted molar refractivity (Wildman–Crippen MR) is 80.6 cm³/mol. The molecule has 0 aliphatic carbocycles. The molecule has 0 amide bonds. The van der Waals surface area contributed by atoms with Gasteiger partial charge in [-0.1, -0.05) is 31.5 Å². The van der Waals surface area contributed by atoms with Crippen molar-refractivity contribution >= 4 is 23.4 Å². The average Bonchev–Trinajstić information content (AvgIpc) is 2.36. The average molecular weight is 268 g/mol. The van der Waals surface area contributed by atoms with Gasteiger partial charge in [0.05, 0.1) is 0 Å². The fourth-order valence-electron chi connectivity index (χ4n) is 1.70. The molecule has 0 aliphatic heterocycles. The van der Waals surface area contributed by atoms with E-state index < -0.39 is 0 Å². The zero-order chi connectivity index (χ0) is 13.4. The van der Waals surface area contributed by atoms with Gasteiger partial charge in [0.25, 0.3) is 0 Å². The number of nitrogens with zero attached hydrogens (tertiary/aromatic N) is 2. The number of thioether (sulfide) groups is 1. The highest BCUT2D eigenvalue weighted by Gasteiger charge is 2.06. The largest absolute Gasteiger partial charge is 0.370 e. The Morgan fingerprint density at radius 2 is 2.00 bits per heavy atom. The van der Waals surface area contributed by atoms with Crippen LogP contribution in [0.5, 0.6) is 0 Å². The maximum atomic E-state index is 4.48. The van der Waals surface area contributed by atoms with Gasteiger partial charge in [-0.3, -0.25) is 0 Å². The van der Waals surface area contributed by atoms with Crippen LogP contribution in [-0.4, -0.2) is 28.8 Å². The monoisotopic (exact) mass is 268 g/mol. The fourth-order valence-corrected chi connectivity index (χ4v) is 2.08. The SMILES string of the molecule is CCCCC(C)Nc1cc(NCC)nc(SC)n1. The van der Waals surface area contributed by atoms with E-state index in [1.807, 2.05) is 12.3 Å². The number of aromatic nitrogens is 2. The second kappa shape index (κ2) is 8.19. The van der Waals surface area contributed by atoms with E-state index in [0.717, 1.165) is 23.3 Å². The van der Waals surface area contributed by atoms with Gasteiger partial charge in [0.1, 0.15) is 11.6 Å². The van der Waals surface area contributed by atoms with Gasteiger partial charge < -0.3 is 10.6 Å². The Kier molecular flexibility index (Phi) is 6.86. The third kappa shape index (κ3) is 5.12. The molecule has 5 heteroatoms. The quantitative estimate of drug-likeness (QED) is 0.557. The number of hydrogen-bond acceptors (Lipinski definition) is 5. The summed E-state index contributed by atoms with van der Waals surface area (Å²) >= 11 is 1.57. The van der Waals surface area contributed by atoms with Crippen molar-refractivity contribution in [3.63, 3.8) is 0 Å². The van der Waals surface area contributed by atoms with E-state index in [1.54, 1.807) is 11.8 Å². The van der Waals surface area contributed by atoms with E-state index >= 15 is 0 Å². The van der Waals surface area contributed by atoms with Crippen LogP contribution in [0.2, 0.25) is 0 Å². The summed E-state index contributed by atoms with van der Waals surface area (Å²) in [7, 11) is 0. The lowest BCUT2D eigenvalue weighted by molar-refractivity contribution is 0.642. The van der Waals surface area contributed by atoms with Crippen molar-refractivity contribution in [2.24, 2.45) is 0 Å². The summed E-state index contributed by atoms with van der Waals surface area (Å²) in [5.74, 6) is 1.80. The van der Waals surface area contributed by atoms with Crippen LogP contribution in [0.3, 0.4) is 0 Å². The number of anilines is 2. The highest BCUT2D eigenvalue weighted by molar-refractivity contribution is 7.98. The molecule has 0 saturated carbocycles. The van der Waals surface area contributed by atoms with Crippen molar-refractivity contribution < 1.29 is 0 Å². The van der Waals surface area contributed by atoms with E-state index in [2.05, 4.69) is 41.4 Å². The number of hydrogen-bond donors (Lipinski definition) is 2. The van der Waals surface area contributed by atoms with Gasteiger partial charge in [0, 0.05) is 18.7 Å². The highest BCUT2D eigenvalue weighted by atomic mass is 32.2. The molecule has 0 radical (unpaired) electrons. The normalized spacial score (nSPS) is 12.2. The van der Waals surface area contributed by atoms with Crippen molar-refractivity contribution in [3.8, 4) is 0 Å². The first-order chi connectivity index (χ1) is 8.69. The van der Waals surface area contributed by atoms with Crippen LogP contribution in [0.1, 0.15) is 40.0 Å². The Morgan fingerprint density at radius 3 is 2.61 bits per heavy atom. The highest BCUT2D eigenvalue weighted by Crippen LogP contribution is 2.18. The molecule has 1 aromatic rings. The van der Waals surface area contributed by atoms with E-state index in [1.165, 1.54) is 19.3 Å². The van der Waals surface area contributed by atoms with Crippen molar-refractivity contribution in [1.29, 1.82) is 0 Å². The molecule has 1 atom stereocenters. The lowest BCUT2D eigenvalue weighted by Gasteiger charge is -2.15. The topological polar surface area (TPSA) is 49.8 Å². The van der Waals surface area contributed by atoms with E-state index in [0.29, 0.717) is 6.04 Å². The number of unbranched alkanes of at least 4 members (excludes halogenated alkanes) is 1. The lowest BCUT2D eigenvalue weighted by atomic mass is 10.1. The molecule has 2 N–H and O–H groups in total. The van der Waals surface area contributed by atoms with Gasteiger partial charge in [-0.05, 0) is 26.5 Å². The van der Waals surface area contributed by atoms with Crippen molar-refractivity contribution in [3.05, 3.63) is 6.07 Å². The minimum atomic E-state index is 0.448. The van der Waals surface area contributed by atoms with Gasteiger partial charge in [0.2, 0.25) is 0 Å². The molecule has 0 spiro atoms. The van der Waals surface area contributed by atoms with E-state index in [4.69, 9.17) is 0 Å². The zero-order valence-corrected chi connectivity index (χ0v) is 12.6.